The Bertz CT molecular complexity index is 814. The topological polar surface area (TPSA) is 153 Å². The van der Waals surface area contributed by atoms with E-state index in [0.29, 0.717) is 6.42 Å². The lowest BCUT2D eigenvalue weighted by Crippen LogP contribution is -2.43. The molecule has 0 saturated heterocycles. The molecule has 30 heavy (non-hydrogen) atoms. The summed E-state index contributed by atoms with van der Waals surface area (Å²) in [7, 11) is 0. The van der Waals surface area contributed by atoms with Crippen molar-refractivity contribution in [2.75, 3.05) is 6.61 Å². The van der Waals surface area contributed by atoms with Gasteiger partial charge in [-0.25, -0.2) is 9.59 Å². The van der Waals surface area contributed by atoms with Gasteiger partial charge in [-0.2, -0.15) is 0 Å². The fraction of sp³-hybridized carbons (Fsp3) is 0.286. The van der Waals surface area contributed by atoms with Crippen LogP contribution in [-0.2, 0) is 27.2 Å². The van der Waals surface area contributed by atoms with Crippen LogP contribution in [0.25, 0.3) is 0 Å². The Balaban J connectivity index is 0.00000103. The highest BCUT2D eigenvalue weighted by atomic mass is 16.6. The third-order valence-corrected chi connectivity index (χ3v) is 3.86. The zero-order valence-electron chi connectivity index (χ0n) is 16.4. The fourth-order valence-electron chi connectivity index (χ4n) is 2.49. The average Bonchev–Trinajstić information content (AvgIpc) is 2.68. The highest BCUT2D eigenvalue weighted by Gasteiger charge is 2.22. The predicted molar refractivity (Wildman–Crippen MR) is 107 cm³/mol. The number of carbonyl (C=O) groups is 3. The average molecular weight is 419 g/mol. The molecular formula is C21H25NO8. The van der Waals surface area contributed by atoms with E-state index in [2.05, 4.69) is 5.32 Å². The first-order chi connectivity index (χ1) is 14.2. The minimum atomic E-state index is -1.83. The number of aryl methyl sites for hydroxylation is 1. The number of ether oxygens (including phenoxy) is 1. The van der Waals surface area contributed by atoms with Crippen LogP contribution in [0.3, 0.4) is 0 Å². The lowest BCUT2D eigenvalue weighted by Gasteiger charge is -2.17. The molecule has 0 fully saturated rings. The van der Waals surface area contributed by atoms with E-state index in [4.69, 9.17) is 19.7 Å². The monoisotopic (exact) mass is 419 g/mol. The predicted octanol–water partition coefficient (Wildman–Crippen LogP) is 2.54. The van der Waals surface area contributed by atoms with E-state index in [1.807, 2.05) is 0 Å². The summed E-state index contributed by atoms with van der Waals surface area (Å²) in [5.74, 6) is -0.428. The van der Waals surface area contributed by atoms with Crippen LogP contribution in [0.1, 0.15) is 24.5 Å². The number of carboxylic acid groups (broad SMARTS) is 2. The Morgan fingerprint density at radius 2 is 1.37 bits per heavy atom. The number of phenolic OH excluding ortho intramolecular Hbond substituents is 2. The Kier molecular flexibility index (Phi) is 10.2. The summed E-state index contributed by atoms with van der Waals surface area (Å²) in [5, 5.41) is 35.3. The number of hydrogen-bond acceptors (Lipinski definition) is 6. The number of rotatable bonds is 8. The van der Waals surface area contributed by atoms with E-state index >= 15 is 0 Å². The van der Waals surface area contributed by atoms with Crippen molar-refractivity contribution < 1.29 is 39.5 Å². The molecule has 0 spiro atoms. The standard InChI is InChI=1S/C20H23NO5.CH2O3/c1-2-26-20(25)18(13-15-5-10-17(23)11-6-15)21-19(24)12-7-14-3-8-16(22)9-4-14;2-1(3)4/h3-6,8-11,18,22-23H,2,7,12-13H2,1H3,(H,21,24);(H2,2,3,4)/t18-;/m0./s1. The highest BCUT2D eigenvalue weighted by molar-refractivity contribution is 5.84. The number of esters is 1. The summed E-state index contributed by atoms with van der Waals surface area (Å²) in [6.07, 6.45) is -0.832. The van der Waals surface area contributed by atoms with Gasteiger partial charge in [-0.15, -0.1) is 0 Å². The number of phenols is 2. The molecule has 9 nitrogen and oxygen atoms in total. The van der Waals surface area contributed by atoms with E-state index in [9.17, 15) is 19.8 Å². The first kappa shape index (κ1) is 24.3. The molecule has 0 unspecified atom stereocenters. The lowest BCUT2D eigenvalue weighted by atomic mass is 10.0. The molecule has 0 aromatic heterocycles. The van der Waals surface area contributed by atoms with E-state index in [0.717, 1.165) is 11.1 Å². The van der Waals surface area contributed by atoms with Gasteiger partial charge in [-0.05, 0) is 48.7 Å². The molecule has 0 heterocycles. The van der Waals surface area contributed by atoms with Crippen molar-refractivity contribution >= 4 is 18.0 Å². The van der Waals surface area contributed by atoms with Gasteiger partial charge in [0.05, 0.1) is 6.61 Å². The van der Waals surface area contributed by atoms with Crippen molar-refractivity contribution in [2.45, 2.75) is 32.2 Å². The van der Waals surface area contributed by atoms with Crippen molar-refractivity contribution in [3.8, 4) is 11.5 Å². The van der Waals surface area contributed by atoms with Gasteiger partial charge >= 0.3 is 12.1 Å². The fourth-order valence-corrected chi connectivity index (χ4v) is 2.49. The number of aromatic hydroxyl groups is 2. The molecular weight excluding hydrogens is 394 g/mol. The number of hydrogen-bond donors (Lipinski definition) is 5. The molecule has 0 aliphatic carbocycles. The van der Waals surface area contributed by atoms with Crippen molar-refractivity contribution in [1.29, 1.82) is 0 Å². The summed E-state index contributed by atoms with van der Waals surface area (Å²) in [6, 6.07) is 12.3. The van der Waals surface area contributed by atoms with Gasteiger partial charge in [0.15, 0.2) is 0 Å². The summed E-state index contributed by atoms with van der Waals surface area (Å²) < 4.78 is 5.05. The molecule has 2 rings (SSSR count). The van der Waals surface area contributed by atoms with E-state index in [1.54, 1.807) is 43.3 Å². The van der Waals surface area contributed by atoms with Crippen LogP contribution in [-0.4, -0.2) is 51.1 Å². The maximum atomic E-state index is 12.2. The molecule has 2 aromatic carbocycles. The molecule has 0 radical (unpaired) electrons. The largest absolute Gasteiger partial charge is 0.508 e. The molecule has 0 bridgehead atoms. The van der Waals surface area contributed by atoms with Crippen molar-refractivity contribution in [2.24, 2.45) is 0 Å². The molecule has 0 aliphatic heterocycles. The second-order valence-corrected chi connectivity index (χ2v) is 6.19. The van der Waals surface area contributed by atoms with Gasteiger partial charge in [-0.1, -0.05) is 24.3 Å². The number of benzene rings is 2. The Morgan fingerprint density at radius 1 is 0.900 bits per heavy atom. The molecule has 5 N–H and O–H groups in total. The SMILES string of the molecule is CCOC(=O)[C@H](Cc1ccc(O)cc1)NC(=O)CCc1ccc(O)cc1.O=C(O)O. The Morgan fingerprint density at radius 3 is 1.83 bits per heavy atom. The number of nitrogens with one attached hydrogen (secondary N) is 1. The highest BCUT2D eigenvalue weighted by Crippen LogP contribution is 2.13. The Labute approximate surface area is 173 Å². The van der Waals surface area contributed by atoms with Crippen LogP contribution >= 0.6 is 0 Å². The smallest absolute Gasteiger partial charge is 0.503 e. The van der Waals surface area contributed by atoms with E-state index in [1.165, 1.54) is 12.1 Å². The molecule has 2 aromatic rings. The molecule has 0 aliphatic rings. The lowest BCUT2D eigenvalue weighted by molar-refractivity contribution is -0.147. The van der Waals surface area contributed by atoms with E-state index < -0.39 is 18.2 Å². The van der Waals surface area contributed by atoms with Crippen LogP contribution in [0.15, 0.2) is 48.5 Å². The van der Waals surface area contributed by atoms with Crippen molar-refractivity contribution in [3.05, 3.63) is 59.7 Å². The van der Waals surface area contributed by atoms with Crippen LogP contribution in [0.4, 0.5) is 4.79 Å². The molecule has 1 amide bonds. The van der Waals surface area contributed by atoms with Gasteiger partial charge < -0.3 is 30.5 Å². The number of carbonyl (C=O) groups excluding carboxylic acids is 2. The third kappa shape index (κ3) is 9.98. The summed E-state index contributed by atoms with van der Waals surface area (Å²) in [5.41, 5.74) is 1.73. The van der Waals surface area contributed by atoms with Crippen molar-refractivity contribution in [1.82, 2.24) is 5.32 Å². The Hall–Kier alpha value is -3.75. The van der Waals surface area contributed by atoms with Gasteiger partial charge in [0.2, 0.25) is 5.91 Å². The van der Waals surface area contributed by atoms with Gasteiger partial charge in [-0.3, -0.25) is 4.79 Å². The van der Waals surface area contributed by atoms with Gasteiger partial charge in [0.25, 0.3) is 0 Å². The summed E-state index contributed by atoms with van der Waals surface area (Å²) >= 11 is 0. The quantitative estimate of drug-likeness (QED) is 0.409. The van der Waals surface area contributed by atoms with Crippen LogP contribution < -0.4 is 5.32 Å². The zero-order valence-corrected chi connectivity index (χ0v) is 16.4. The number of amides is 1. The van der Waals surface area contributed by atoms with Gasteiger partial charge in [0, 0.05) is 12.8 Å². The first-order valence-corrected chi connectivity index (χ1v) is 9.15. The molecule has 1 atom stereocenters. The second-order valence-electron chi connectivity index (χ2n) is 6.19. The summed E-state index contributed by atoms with van der Waals surface area (Å²) in [4.78, 5) is 32.9. The maximum absolute atomic E-state index is 12.2. The molecule has 0 saturated carbocycles. The molecule has 9 heteroatoms. The summed E-state index contributed by atoms with van der Waals surface area (Å²) in [6.45, 7) is 1.94. The third-order valence-electron chi connectivity index (χ3n) is 3.86. The van der Waals surface area contributed by atoms with Crippen molar-refractivity contribution in [3.63, 3.8) is 0 Å². The maximum Gasteiger partial charge on any atom is 0.503 e. The minimum Gasteiger partial charge on any atom is -0.508 e. The van der Waals surface area contributed by atoms with E-state index in [-0.39, 0.29) is 36.9 Å². The first-order valence-electron chi connectivity index (χ1n) is 9.15. The normalized spacial score (nSPS) is 10.8. The van der Waals surface area contributed by atoms with Crippen LogP contribution in [0.5, 0.6) is 11.5 Å². The minimum absolute atomic E-state index is 0.138. The molecule has 162 valence electrons. The second kappa shape index (κ2) is 12.7. The van der Waals surface area contributed by atoms with Crippen LogP contribution in [0, 0.1) is 0 Å². The van der Waals surface area contributed by atoms with Crippen LogP contribution in [0.2, 0.25) is 0 Å². The van der Waals surface area contributed by atoms with Gasteiger partial charge in [0.1, 0.15) is 17.5 Å². The zero-order chi connectivity index (χ0) is 22.5.